The van der Waals surface area contributed by atoms with E-state index in [2.05, 4.69) is 20.5 Å². The van der Waals surface area contributed by atoms with E-state index in [4.69, 9.17) is 0 Å². The zero-order valence-electron chi connectivity index (χ0n) is 12.0. The Morgan fingerprint density at radius 2 is 2.13 bits per heavy atom. The predicted molar refractivity (Wildman–Crippen MR) is 80.9 cm³/mol. The van der Waals surface area contributed by atoms with Crippen LogP contribution in [0.4, 0.5) is 0 Å². The molecule has 116 valence electrons. The SMILES string of the molecule is O=C(NCCS(=O)(=O)c1ccccn1)C1=C2C=C3CC3=C2N=N1. The molecule has 8 heteroatoms. The van der Waals surface area contributed by atoms with Crippen molar-refractivity contribution in [2.45, 2.75) is 11.4 Å². The van der Waals surface area contributed by atoms with Gasteiger partial charge in [-0.25, -0.2) is 13.4 Å². The molecule has 0 bridgehead atoms. The van der Waals surface area contributed by atoms with Crippen molar-refractivity contribution in [2.75, 3.05) is 12.3 Å². The Morgan fingerprint density at radius 1 is 1.26 bits per heavy atom. The van der Waals surface area contributed by atoms with Crippen molar-refractivity contribution < 1.29 is 13.2 Å². The van der Waals surface area contributed by atoms with Gasteiger partial charge in [-0.1, -0.05) is 6.07 Å². The lowest BCUT2D eigenvalue weighted by atomic mass is 10.1. The van der Waals surface area contributed by atoms with E-state index in [1.807, 2.05) is 6.08 Å². The number of sulfone groups is 1. The van der Waals surface area contributed by atoms with E-state index in [0.717, 1.165) is 23.3 Å². The molecule has 0 radical (unpaired) electrons. The van der Waals surface area contributed by atoms with Crippen LogP contribution in [-0.4, -0.2) is 31.6 Å². The average Bonchev–Trinajstić information content (AvgIpc) is 3.03. The number of aromatic nitrogens is 1. The normalized spacial score (nSPS) is 18.0. The molecule has 0 aromatic carbocycles. The second-order valence-corrected chi connectivity index (χ2v) is 7.43. The molecule has 23 heavy (non-hydrogen) atoms. The fourth-order valence-corrected chi connectivity index (χ4v) is 3.65. The van der Waals surface area contributed by atoms with Gasteiger partial charge in [-0.15, -0.1) is 10.2 Å². The topological polar surface area (TPSA) is 101 Å². The third-order valence-corrected chi connectivity index (χ3v) is 5.44. The van der Waals surface area contributed by atoms with Gasteiger partial charge in [0.2, 0.25) is 0 Å². The summed E-state index contributed by atoms with van der Waals surface area (Å²) in [5, 5.41) is 10.5. The van der Waals surface area contributed by atoms with Gasteiger partial charge >= 0.3 is 0 Å². The van der Waals surface area contributed by atoms with Crippen molar-refractivity contribution in [1.82, 2.24) is 10.3 Å². The number of nitrogens with one attached hydrogen (secondary N) is 1. The first-order chi connectivity index (χ1) is 11.1. The number of hydrogen-bond donors (Lipinski definition) is 1. The lowest BCUT2D eigenvalue weighted by Crippen LogP contribution is -2.30. The molecule has 0 unspecified atom stereocenters. The molecule has 0 saturated heterocycles. The van der Waals surface area contributed by atoms with Crippen molar-refractivity contribution in [3.05, 3.63) is 58.6 Å². The summed E-state index contributed by atoms with van der Waals surface area (Å²) >= 11 is 0. The number of allylic oxidation sites excluding steroid dienone is 3. The number of amides is 1. The summed E-state index contributed by atoms with van der Waals surface area (Å²) in [7, 11) is -3.52. The van der Waals surface area contributed by atoms with Crippen LogP contribution in [-0.2, 0) is 14.6 Å². The van der Waals surface area contributed by atoms with E-state index in [1.54, 1.807) is 12.1 Å². The zero-order valence-corrected chi connectivity index (χ0v) is 12.8. The van der Waals surface area contributed by atoms with Crippen LogP contribution in [0.15, 0.2) is 73.8 Å². The quantitative estimate of drug-likeness (QED) is 0.880. The van der Waals surface area contributed by atoms with Gasteiger partial charge in [0.15, 0.2) is 20.6 Å². The van der Waals surface area contributed by atoms with Crippen LogP contribution in [0.3, 0.4) is 0 Å². The molecule has 2 aliphatic carbocycles. The molecule has 4 rings (SSSR count). The highest BCUT2D eigenvalue weighted by atomic mass is 32.2. The van der Waals surface area contributed by atoms with E-state index < -0.39 is 15.7 Å². The molecule has 1 aliphatic heterocycles. The molecule has 3 aliphatic rings. The molecule has 1 N–H and O–H groups in total. The van der Waals surface area contributed by atoms with Gasteiger partial charge in [0.25, 0.3) is 5.91 Å². The highest BCUT2D eigenvalue weighted by Crippen LogP contribution is 2.51. The summed E-state index contributed by atoms with van der Waals surface area (Å²) in [6.07, 6.45) is 4.27. The summed E-state index contributed by atoms with van der Waals surface area (Å²) in [5.41, 5.74) is 4.14. The first-order valence-corrected chi connectivity index (χ1v) is 8.74. The maximum Gasteiger partial charge on any atom is 0.272 e. The number of carbonyl (C=O) groups excluding carboxylic acids is 1. The highest BCUT2D eigenvalue weighted by molar-refractivity contribution is 7.91. The minimum absolute atomic E-state index is 0.00413. The highest BCUT2D eigenvalue weighted by Gasteiger charge is 2.38. The first-order valence-electron chi connectivity index (χ1n) is 7.09. The van der Waals surface area contributed by atoms with Crippen molar-refractivity contribution in [2.24, 2.45) is 10.2 Å². The number of fused-ring (bicyclic) bond motifs is 2. The summed E-state index contributed by atoms with van der Waals surface area (Å²) in [5.74, 6) is -0.626. The summed E-state index contributed by atoms with van der Waals surface area (Å²) in [4.78, 5) is 16.0. The van der Waals surface area contributed by atoms with Gasteiger partial charge in [-0.2, -0.15) is 0 Å². The lowest BCUT2D eigenvalue weighted by molar-refractivity contribution is -0.117. The molecule has 7 nitrogen and oxygen atoms in total. The van der Waals surface area contributed by atoms with E-state index in [9.17, 15) is 13.2 Å². The first kappa shape index (κ1) is 14.0. The smallest absolute Gasteiger partial charge is 0.272 e. The van der Waals surface area contributed by atoms with E-state index in [-0.39, 0.29) is 23.0 Å². The second-order valence-electron chi connectivity index (χ2n) is 5.38. The summed E-state index contributed by atoms with van der Waals surface area (Å²) in [6, 6.07) is 4.69. The minimum atomic E-state index is -3.52. The number of pyridine rings is 1. The second kappa shape index (κ2) is 4.95. The fourth-order valence-electron chi connectivity index (χ4n) is 2.56. The largest absolute Gasteiger partial charge is 0.350 e. The lowest BCUT2D eigenvalue weighted by Gasteiger charge is -2.05. The van der Waals surface area contributed by atoms with Crippen molar-refractivity contribution in [3.63, 3.8) is 0 Å². The molecule has 1 saturated carbocycles. The van der Waals surface area contributed by atoms with E-state index in [0.29, 0.717) is 0 Å². The maximum atomic E-state index is 12.1. The Kier molecular flexibility index (Phi) is 3.02. The van der Waals surface area contributed by atoms with Gasteiger partial charge in [0, 0.05) is 24.7 Å². The van der Waals surface area contributed by atoms with Crippen molar-refractivity contribution in [1.29, 1.82) is 0 Å². The third-order valence-electron chi connectivity index (χ3n) is 3.82. The number of nitrogens with zero attached hydrogens (tertiary/aromatic N) is 3. The van der Waals surface area contributed by atoms with Gasteiger partial charge in [-0.3, -0.25) is 4.79 Å². The van der Waals surface area contributed by atoms with Gasteiger partial charge in [-0.05, 0) is 29.4 Å². The average molecular weight is 328 g/mol. The standard InChI is InChI=1S/C15H12N4O3S/c20-15(14-11-8-9-7-10(9)13(11)18-19-14)17-5-6-23(21,22)12-3-1-2-4-16-12/h1-4,8H,5-7H2,(H,17,20). The Bertz CT molecular complexity index is 940. The van der Waals surface area contributed by atoms with E-state index >= 15 is 0 Å². The van der Waals surface area contributed by atoms with Crippen molar-refractivity contribution in [3.8, 4) is 0 Å². The Balaban J connectivity index is 1.40. The molecule has 1 aromatic heterocycles. The molecule has 1 fully saturated rings. The fraction of sp³-hybridized carbons (Fsp3) is 0.200. The van der Waals surface area contributed by atoms with Crippen molar-refractivity contribution >= 4 is 15.7 Å². The molecule has 1 aromatic rings. The van der Waals surface area contributed by atoms with Gasteiger partial charge in [0.05, 0.1) is 11.4 Å². The molecule has 1 amide bonds. The molecular weight excluding hydrogens is 316 g/mol. The molecule has 0 spiro atoms. The van der Waals surface area contributed by atoms with Crippen LogP contribution in [0.1, 0.15) is 6.42 Å². The zero-order chi connectivity index (χ0) is 16.0. The summed E-state index contributed by atoms with van der Waals surface area (Å²) in [6.45, 7) is -0.00742. The monoisotopic (exact) mass is 328 g/mol. The van der Waals surface area contributed by atoms with Crippen LogP contribution >= 0.6 is 0 Å². The Morgan fingerprint density at radius 3 is 2.91 bits per heavy atom. The number of hydrogen-bond acceptors (Lipinski definition) is 6. The van der Waals surface area contributed by atoms with Crippen LogP contribution in [0.5, 0.6) is 0 Å². The van der Waals surface area contributed by atoms with Crippen LogP contribution in [0, 0.1) is 0 Å². The Hall–Kier alpha value is -2.61. The predicted octanol–water partition coefficient (Wildman–Crippen LogP) is 1.29. The van der Waals surface area contributed by atoms with Crippen LogP contribution in [0.25, 0.3) is 0 Å². The minimum Gasteiger partial charge on any atom is -0.350 e. The molecular formula is C15H12N4O3S. The molecule has 0 atom stereocenters. The summed E-state index contributed by atoms with van der Waals surface area (Å²) < 4.78 is 24.2. The number of carbonyl (C=O) groups is 1. The Labute approximate surface area is 132 Å². The number of azo groups is 1. The van der Waals surface area contributed by atoms with E-state index in [1.165, 1.54) is 17.8 Å². The van der Waals surface area contributed by atoms with Gasteiger partial charge in [0.1, 0.15) is 0 Å². The van der Waals surface area contributed by atoms with Crippen LogP contribution < -0.4 is 5.32 Å². The van der Waals surface area contributed by atoms with Crippen LogP contribution in [0.2, 0.25) is 0 Å². The third kappa shape index (κ3) is 2.40. The maximum absolute atomic E-state index is 12.1. The number of rotatable bonds is 5. The van der Waals surface area contributed by atoms with Gasteiger partial charge < -0.3 is 5.32 Å². The molecule has 2 heterocycles.